The fourth-order valence-electron chi connectivity index (χ4n) is 5.38. The Labute approximate surface area is 218 Å². The van der Waals surface area contributed by atoms with Crippen molar-refractivity contribution in [2.75, 3.05) is 32.0 Å². The summed E-state index contributed by atoms with van der Waals surface area (Å²) in [4.78, 5) is 7.85. The number of fused-ring (bicyclic) bond motifs is 2. The van der Waals surface area contributed by atoms with Crippen molar-refractivity contribution in [2.45, 2.75) is 46.1 Å². The molecule has 4 aliphatic rings. The van der Waals surface area contributed by atoms with Gasteiger partial charge in [0, 0.05) is 30.4 Å². The van der Waals surface area contributed by atoms with Gasteiger partial charge in [-0.3, -0.25) is 0 Å². The number of anilines is 1. The molecule has 0 spiro atoms. The molecule has 2 atom stereocenters. The Bertz CT molecular complexity index is 1350. The lowest BCUT2D eigenvalue weighted by molar-refractivity contribution is 0.206. The molecular formula is C27H31FN5OPS. The van der Waals surface area contributed by atoms with E-state index in [-0.39, 0.29) is 11.9 Å². The molecule has 0 bridgehead atoms. The minimum absolute atomic E-state index is 0.196. The summed E-state index contributed by atoms with van der Waals surface area (Å²) in [6, 6.07) is 2.07. The molecule has 9 heteroatoms. The number of likely N-dealkylation sites (tertiary alicyclic amines) is 1. The summed E-state index contributed by atoms with van der Waals surface area (Å²) in [6.45, 7) is 8.73. The molecule has 1 aliphatic carbocycles. The van der Waals surface area contributed by atoms with Crippen LogP contribution in [0.5, 0.6) is 0 Å². The molecule has 36 heavy (non-hydrogen) atoms. The number of nitriles is 1. The fourth-order valence-corrected chi connectivity index (χ4v) is 6.95. The van der Waals surface area contributed by atoms with Crippen molar-refractivity contribution >= 4 is 42.9 Å². The average Bonchev–Trinajstić information content (AvgIpc) is 3.65. The van der Waals surface area contributed by atoms with Gasteiger partial charge in [-0.25, -0.2) is 9.38 Å². The molecule has 1 saturated heterocycles. The zero-order valence-corrected chi connectivity index (χ0v) is 22.8. The van der Waals surface area contributed by atoms with Crippen molar-refractivity contribution in [3.8, 4) is 6.07 Å². The summed E-state index contributed by atoms with van der Waals surface area (Å²) >= 11 is 1.13. The standard InChI is InChI=1S/C27H31FN5OPS/c1-4-14(3)20(22-15(10-29)26(30)36-25(22)19(28)5-2)21-18-13-34-12-17(18)16-11-31-27(32-23(16)24(21)35)33-8-6-7-9-33/h5,11,23H,4,6-9,12-13,30,35H2,1-3H3,(H,31,32)/b19-5+,20-14+. The molecule has 1 aromatic rings. The molecule has 2 unspecified atom stereocenters. The number of halogens is 1. The number of guanidine groups is 1. The third kappa shape index (κ3) is 3.94. The van der Waals surface area contributed by atoms with Crippen LogP contribution < -0.4 is 11.1 Å². The van der Waals surface area contributed by atoms with Crippen molar-refractivity contribution in [2.24, 2.45) is 4.99 Å². The predicted octanol–water partition coefficient (Wildman–Crippen LogP) is 5.49. The molecular weight excluding hydrogens is 492 g/mol. The van der Waals surface area contributed by atoms with Crippen molar-refractivity contribution in [3.05, 3.63) is 61.5 Å². The maximum absolute atomic E-state index is 15.2. The predicted molar refractivity (Wildman–Crippen MR) is 149 cm³/mol. The normalized spacial score (nSPS) is 22.6. The van der Waals surface area contributed by atoms with Crippen LogP contribution in [0.1, 0.15) is 56.0 Å². The number of nitrogens with one attached hydrogen (secondary N) is 1. The van der Waals surface area contributed by atoms with E-state index < -0.39 is 0 Å². The van der Waals surface area contributed by atoms with Crippen LogP contribution in [0.25, 0.3) is 11.4 Å². The number of thiophene rings is 1. The van der Waals surface area contributed by atoms with E-state index >= 15 is 4.39 Å². The number of allylic oxidation sites excluding steroid dienone is 3. The zero-order chi connectivity index (χ0) is 25.6. The van der Waals surface area contributed by atoms with Gasteiger partial charge in [0.1, 0.15) is 22.9 Å². The second-order valence-electron chi connectivity index (χ2n) is 9.38. The lowest BCUT2D eigenvalue weighted by atomic mass is 9.78. The van der Waals surface area contributed by atoms with Gasteiger partial charge in [-0.15, -0.1) is 20.6 Å². The van der Waals surface area contributed by atoms with Crippen LogP contribution in [-0.4, -0.2) is 43.2 Å². The van der Waals surface area contributed by atoms with Gasteiger partial charge in [-0.1, -0.05) is 18.6 Å². The van der Waals surface area contributed by atoms with Crippen LogP contribution >= 0.6 is 20.6 Å². The van der Waals surface area contributed by atoms with E-state index in [1.165, 1.54) is 6.08 Å². The third-order valence-electron chi connectivity index (χ3n) is 7.37. The van der Waals surface area contributed by atoms with E-state index in [1.807, 2.05) is 0 Å². The molecule has 0 amide bonds. The van der Waals surface area contributed by atoms with E-state index in [9.17, 15) is 5.26 Å². The first-order valence-electron chi connectivity index (χ1n) is 12.4. The van der Waals surface area contributed by atoms with Crippen LogP contribution in [0.4, 0.5) is 9.39 Å². The van der Waals surface area contributed by atoms with Gasteiger partial charge < -0.3 is 20.7 Å². The number of hydrogen-bond acceptors (Lipinski definition) is 7. The Hall–Kier alpha value is -2.72. The molecule has 6 nitrogen and oxygen atoms in total. The van der Waals surface area contributed by atoms with Crippen LogP contribution in [0.15, 0.2) is 50.4 Å². The topological polar surface area (TPSA) is 86.7 Å². The molecule has 3 N–H and O–H groups in total. The second-order valence-corrected chi connectivity index (χ2v) is 11.1. The lowest BCUT2D eigenvalue weighted by Crippen LogP contribution is -2.42. The van der Waals surface area contributed by atoms with Crippen LogP contribution in [0.2, 0.25) is 0 Å². The van der Waals surface area contributed by atoms with Gasteiger partial charge in [-0.05, 0) is 60.7 Å². The number of hydrogen-bond donors (Lipinski definition) is 2. The highest BCUT2D eigenvalue weighted by Crippen LogP contribution is 2.51. The number of ether oxygens (including phenoxy) is 1. The molecule has 1 fully saturated rings. The maximum atomic E-state index is 15.2. The SMILES string of the molecule is C/C=C(/F)c1sc(N)c(C#N)c1/C(C1=C(P)C2N=C(N3CCCC3)NC=C2C2=C1COC2)=C(\C)CC. The van der Waals surface area contributed by atoms with Crippen LogP contribution in [-0.2, 0) is 4.74 Å². The minimum Gasteiger partial charge on any atom is -0.389 e. The summed E-state index contributed by atoms with van der Waals surface area (Å²) in [5.41, 5.74) is 13.4. The Morgan fingerprint density at radius 1 is 1.39 bits per heavy atom. The molecule has 0 saturated carbocycles. The first-order valence-corrected chi connectivity index (χ1v) is 13.7. The minimum atomic E-state index is -0.375. The molecule has 0 aromatic carbocycles. The summed E-state index contributed by atoms with van der Waals surface area (Å²) in [5, 5.41) is 14.8. The number of rotatable bonds is 4. The monoisotopic (exact) mass is 523 g/mol. The molecule has 5 rings (SSSR count). The maximum Gasteiger partial charge on any atom is 0.198 e. The van der Waals surface area contributed by atoms with Gasteiger partial charge in [-0.2, -0.15) is 5.26 Å². The first kappa shape index (κ1) is 25.0. The number of nitrogens with zero attached hydrogens (tertiary/aromatic N) is 3. The summed E-state index contributed by atoms with van der Waals surface area (Å²) in [5.74, 6) is 0.513. The highest BCUT2D eigenvalue weighted by molar-refractivity contribution is 7.23. The van der Waals surface area contributed by atoms with Gasteiger partial charge in [0.2, 0.25) is 0 Å². The van der Waals surface area contributed by atoms with Crippen molar-refractivity contribution in [3.63, 3.8) is 0 Å². The summed E-state index contributed by atoms with van der Waals surface area (Å²) < 4.78 is 21.2. The third-order valence-corrected chi connectivity index (χ3v) is 9.01. The largest absolute Gasteiger partial charge is 0.389 e. The van der Waals surface area contributed by atoms with Gasteiger partial charge in [0.25, 0.3) is 0 Å². The van der Waals surface area contributed by atoms with Crippen molar-refractivity contribution in [1.29, 1.82) is 5.26 Å². The van der Waals surface area contributed by atoms with Crippen LogP contribution in [0.3, 0.4) is 0 Å². The molecule has 4 heterocycles. The van der Waals surface area contributed by atoms with Crippen molar-refractivity contribution in [1.82, 2.24) is 10.2 Å². The Morgan fingerprint density at radius 3 is 2.78 bits per heavy atom. The smallest absolute Gasteiger partial charge is 0.198 e. The average molecular weight is 524 g/mol. The molecule has 188 valence electrons. The zero-order valence-electron chi connectivity index (χ0n) is 20.9. The summed E-state index contributed by atoms with van der Waals surface area (Å²) in [6.07, 6.45) is 6.57. The van der Waals surface area contributed by atoms with Gasteiger partial charge in [0.15, 0.2) is 5.96 Å². The highest BCUT2D eigenvalue weighted by atomic mass is 32.1. The Kier molecular flexibility index (Phi) is 6.91. The molecule has 3 aliphatic heterocycles. The van der Waals surface area contributed by atoms with Gasteiger partial charge in [0.05, 0.1) is 23.7 Å². The van der Waals surface area contributed by atoms with E-state index in [0.29, 0.717) is 34.2 Å². The van der Waals surface area contributed by atoms with E-state index in [1.54, 1.807) is 6.92 Å². The second kappa shape index (κ2) is 9.97. The lowest BCUT2D eigenvalue weighted by Gasteiger charge is -2.34. The van der Waals surface area contributed by atoms with Crippen LogP contribution in [0, 0.1) is 11.3 Å². The van der Waals surface area contributed by atoms with Crippen molar-refractivity contribution < 1.29 is 9.13 Å². The number of aliphatic imine (C=N–C) groups is 1. The van der Waals surface area contributed by atoms with Gasteiger partial charge >= 0.3 is 0 Å². The highest BCUT2D eigenvalue weighted by Gasteiger charge is 2.39. The fraction of sp³-hybridized carbons (Fsp3) is 0.407. The first-order chi connectivity index (χ1) is 17.4. The van der Waals surface area contributed by atoms with E-state index in [0.717, 1.165) is 88.4 Å². The van der Waals surface area contributed by atoms with E-state index in [4.69, 9.17) is 15.5 Å². The number of nitrogen functional groups attached to an aromatic ring is 1. The van der Waals surface area contributed by atoms with E-state index in [2.05, 4.69) is 45.6 Å². The number of nitrogens with two attached hydrogens (primary N) is 1. The molecule has 1 aromatic heterocycles. The Balaban J connectivity index is 1.76. The summed E-state index contributed by atoms with van der Waals surface area (Å²) in [7, 11) is 2.92. The Morgan fingerprint density at radius 2 is 2.11 bits per heavy atom. The quantitative estimate of drug-likeness (QED) is 0.510. The molecule has 0 radical (unpaired) electrons.